The lowest BCUT2D eigenvalue weighted by atomic mass is 10.1. The number of carboxylic acid groups (broad SMARTS) is 1. The Hall–Kier alpha value is -2.02. The third-order valence-electron chi connectivity index (χ3n) is 3.41. The summed E-state index contributed by atoms with van der Waals surface area (Å²) in [5, 5.41) is 9.26. The Kier molecular flexibility index (Phi) is 5.07. The molecule has 0 radical (unpaired) electrons. The highest BCUT2D eigenvalue weighted by atomic mass is 32.2. The van der Waals surface area contributed by atoms with Crippen molar-refractivity contribution in [1.29, 1.82) is 0 Å². The minimum absolute atomic E-state index is 0.0760. The molecule has 2 atom stereocenters. The van der Waals surface area contributed by atoms with Gasteiger partial charge in [-0.1, -0.05) is 23.9 Å². The maximum absolute atomic E-state index is 12.1. The van der Waals surface area contributed by atoms with E-state index in [9.17, 15) is 19.5 Å². The minimum Gasteiger partial charge on any atom is -0.497 e. The Balaban J connectivity index is 2.26. The molecule has 6 nitrogen and oxygen atoms in total. The highest BCUT2D eigenvalue weighted by molar-refractivity contribution is 8.14. The fraction of sp³-hybridized carbons (Fsp3) is 0.400. The molecule has 0 spiro atoms. The van der Waals surface area contributed by atoms with Crippen LogP contribution in [0.5, 0.6) is 5.75 Å². The van der Waals surface area contributed by atoms with Crippen LogP contribution in [0.4, 0.5) is 0 Å². The molecule has 1 aromatic carbocycles. The number of rotatable bonds is 5. The summed E-state index contributed by atoms with van der Waals surface area (Å²) in [6, 6.07) is 5.59. The molecule has 2 rings (SSSR count). The third-order valence-corrected chi connectivity index (χ3v) is 4.39. The average Bonchev–Trinajstić information content (AvgIpc) is 2.78. The molecule has 0 aromatic heterocycles. The van der Waals surface area contributed by atoms with E-state index in [2.05, 4.69) is 0 Å². The van der Waals surface area contributed by atoms with Gasteiger partial charge >= 0.3 is 5.97 Å². The van der Waals surface area contributed by atoms with Crippen LogP contribution in [-0.2, 0) is 14.4 Å². The van der Waals surface area contributed by atoms with E-state index in [4.69, 9.17) is 4.74 Å². The highest BCUT2D eigenvalue weighted by Crippen LogP contribution is 2.32. The molecule has 1 aromatic rings. The van der Waals surface area contributed by atoms with E-state index in [0.29, 0.717) is 11.3 Å². The summed E-state index contributed by atoms with van der Waals surface area (Å²) in [6.45, 7) is 1.69. The number of hydrogen-bond donors (Lipinski definition) is 1. The zero-order chi connectivity index (χ0) is 16.3. The first kappa shape index (κ1) is 16.4. The molecule has 0 bridgehead atoms. The summed E-state index contributed by atoms with van der Waals surface area (Å²) < 4.78 is 5.10. The molecular weight excluding hydrogens is 306 g/mol. The lowest BCUT2D eigenvalue weighted by molar-refractivity contribution is -0.148. The van der Waals surface area contributed by atoms with Gasteiger partial charge in [0.1, 0.15) is 5.75 Å². The van der Waals surface area contributed by atoms with Crippen LogP contribution in [0.1, 0.15) is 24.9 Å². The Labute approximate surface area is 132 Å². The Bertz CT molecular complexity index is 603. The van der Waals surface area contributed by atoms with E-state index in [1.165, 1.54) is 18.9 Å². The van der Waals surface area contributed by atoms with Crippen molar-refractivity contribution < 1.29 is 24.2 Å². The molecule has 1 heterocycles. The van der Waals surface area contributed by atoms with Crippen molar-refractivity contribution in [3.63, 3.8) is 0 Å². The zero-order valence-corrected chi connectivity index (χ0v) is 13.1. The van der Waals surface area contributed by atoms with Crippen LogP contribution in [-0.4, -0.2) is 45.9 Å². The topological polar surface area (TPSA) is 83.9 Å². The van der Waals surface area contributed by atoms with Crippen molar-refractivity contribution in [3.05, 3.63) is 29.8 Å². The van der Waals surface area contributed by atoms with E-state index in [1.54, 1.807) is 24.3 Å². The lowest BCUT2D eigenvalue weighted by Gasteiger charge is -2.25. The number of carbonyl (C=O) groups excluding carboxylic acids is 2. The summed E-state index contributed by atoms with van der Waals surface area (Å²) in [4.78, 5) is 36.3. The number of benzene rings is 1. The smallest absolute Gasteiger partial charge is 0.331 e. The van der Waals surface area contributed by atoms with Crippen LogP contribution < -0.4 is 4.74 Å². The van der Waals surface area contributed by atoms with Gasteiger partial charge in [-0.2, -0.15) is 0 Å². The summed E-state index contributed by atoms with van der Waals surface area (Å²) in [5.74, 6) is -0.825. The lowest BCUT2D eigenvalue weighted by Crippen LogP contribution is -2.35. The largest absolute Gasteiger partial charge is 0.497 e. The second kappa shape index (κ2) is 6.83. The van der Waals surface area contributed by atoms with Gasteiger partial charge in [-0.05, 0) is 17.7 Å². The van der Waals surface area contributed by atoms with Crippen LogP contribution in [0.15, 0.2) is 24.3 Å². The Morgan fingerprint density at radius 1 is 1.45 bits per heavy atom. The fourth-order valence-electron chi connectivity index (χ4n) is 2.53. The van der Waals surface area contributed by atoms with Gasteiger partial charge in [0.15, 0.2) is 11.2 Å². The quantitative estimate of drug-likeness (QED) is 0.888. The minimum atomic E-state index is -1.10. The first-order valence-corrected chi connectivity index (χ1v) is 7.63. The SMILES string of the molecule is COc1cccc(C(C(=O)O)N2CC(SC(C)=O)CC2=O)c1. The van der Waals surface area contributed by atoms with Crippen LogP contribution in [0, 0.1) is 0 Å². The summed E-state index contributed by atoms with van der Waals surface area (Å²) >= 11 is 1.08. The van der Waals surface area contributed by atoms with Crippen molar-refractivity contribution >= 4 is 28.8 Å². The standard InChI is InChI=1S/C15H17NO5S/c1-9(17)22-12-7-13(18)16(8-12)14(15(19)20)10-4-3-5-11(6-10)21-2/h3-6,12,14H,7-8H2,1-2H3,(H,19,20). The number of likely N-dealkylation sites (tertiary alicyclic amines) is 1. The van der Waals surface area contributed by atoms with Crippen LogP contribution >= 0.6 is 11.8 Å². The zero-order valence-electron chi connectivity index (χ0n) is 12.3. The van der Waals surface area contributed by atoms with Crippen molar-refractivity contribution in [2.24, 2.45) is 0 Å². The van der Waals surface area contributed by atoms with Crippen LogP contribution in [0.2, 0.25) is 0 Å². The van der Waals surface area contributed by atoms with Gasteiger partial charge < -0.3 is 14.7 Å². The molecule has 1 N–H and O–H groups in total. The fourth-order valence-corrected chi connectivity index (χ4v) is 3.46. The number of ether oxygens (including phenoxy) is 1. The van der Waals surface area contributed by atoms with Gasteiger partial charge in [0.25, 0.3) is 0 Å². The number of aliphatic carboxylic acids is 1. The van der Waals surface area contributed by atoms with Gasteiger partial charge in [0.2, 0.25) is 5.91 Å². The molecule has 22 heavy (non-hydrogen) atoms. The van der Waals surface area contributed by atoms with Gasteiger partial charge in [-0.25, -0.2) is 4.79 Å². The predicted octanol–water partition coefficient (Wildman–Crippen LogP) is 1.70. The maximum Gasteiger partial charge on any atom is 0.331 e. The highest BCUT2D eigenvalue weighted by Gasteiger charge is 2.39. The molecule has 1 amide bonds. The summed E-state index contributed by atoms with van der Waals surface area (Å²) in [5.41, 5.74) is 0.480. The van der Waals surface area contributed by atoms with E-state index in [-0.39, 0.29) is 29.2 Å². The maximum atomic E-state index is 12.1. The van der Waals surface area contributed by atoms with Crippen molar-refractivity contribution in [3.8, 4) is 5.75 Å². The van der Waals surface area contributed by atoms with E-state index in [0.717, 1.165) is 11.8 Å². The van der Waals surface area contributed by atoms with Gasteiger partial charge in [-0.3, -0.25) is 9.59 Å². The predicted molar refractivity (Wildman–Crippen MR) is 81.8 cm³/mol. The van der Waals surface area contributed by atoms with Crippen LogP contribution in [0.25, 0.3) is 0 Å². The number of thioether (sulfide) groups is 1. The number of nitrogens with zero attached hydrogens (tertiary/aromatic N) is 1. The van der Waals surface area contributed by atoms with Gasteiger partial charge in [0, 0.05) is 25.1 Å². The molecular formula is C15H17NO5S. The molecule has 2 unspecified atom stereocenters. The number of carbonyl (C=O) groups is 3. The Morgan fingerprint density at radius 3 is 2.77 bits per heavy atom. The second-order valence-electron chi connectivity index (χ2n) is 5.00. The normalized spacial score (nSPS) is 19.1. The van der Waals surface area contributed by atoms with E-state index in [1.807, 2.05) is 0 Å². The monoisotopic (exact) mass is 323 g/mol. The molecule has 118 valence electrons. The van der Waals surface area contributed by atoms with E-state index >= 15 is 0 Å². The molecule has 1 aliphatic heterocycles. The second-order valence-corrected chi connectivity index (χ2v) is 6.48. The first-order valence-electron chi connectivity index (χ1n) is 6.75. The van der Waals surface area contributed by atoms with Gasteiger partial charge in [0.05, 0.1) is 7.11 Å². The Morgan fingerprint density at radius 2 is 2.18 bits per heavy atom. The first-order chi connectivity index (χ1) is 10.4. The molecule has 1 saturated heterocycles. The van der Waals surface area contributed by atoms with Crippen molar-refractivity contribution in [2.75, 3.05) is 13.7 Å². The summed E-state index contributed by atoms with van der Waals surface area (Å²) in [7, 11) is 1.50. The summed E-state index contributed by atoms with van der Waals surface area (Å²) in [6.07, 6.45) is 0.179. The molecule has 1 fully saturated rings. The molecule has 7 heteroatoms. The number of carboxylic acids is 1. The number of amides is 1. The van der Waals surface area contributed by atoms with Crippen LogP contribution in [0.3, 0.4) is 0 Å². The van der Waals surface area contributed by atoms with E-state index < -0.39 is 12.0 Å². The number of methoxy groups -OCH3 is 1. The van der Waals surface area contributed by atoms with Crippen molar-refractivity contribution in [2.45, 2.75) is 24.6 Å². The molecule has 0 saturated carbocycles. The van der Waals surface area contributed by atoms with Crippen molar-refractivity contribution in [1.82, 2.24) is 4.90 Å². The van der Waals surface area contributed by atoms with Gasteiger partial charge in [-0.15, -0.1) is 0 Å². The average molecular weight is 323 g/mol. The third kappa shape index (κ3) is 3.59. The molecule has 1 aliphatic rings. The molecule has 0 aliphatic carbocycles. The number of hydrogen-bond acceptors (Lipinski definition) is 5.